The lowest BCUT2D eigenvalue weighted by Crippen LogP contribution is -2.64. The van der Waals surface area contributed by atoms with Crippen LogP contribution in [0, 0.1) is 5.92 Å². The van der Waals surface area contributed by atoms with Gasteiger partial charge in [0.2, 0.25) is 0 Å². The fraction of sp³-hybridized carbons (Fsp3) is 1.00. The highest BCUT2D eigenvalue weighted by Crippen LogP contribution is 2.44. The van der Waals surface area contributed by atoms with Crippen LogP contribution in [-0.2, 0) is 4.74 Å². The third kappa shape index (κ3) is 2.88. The Morgan fingerprint density at radius 3 is 2.76 bits per heavy atom. The Labute approximate surface area is 130 Å². The molecule has 3 rings (SSSR count). The molecule has 2 heterocycles. The Kier molecular flexibility index (Phi) is 4.89. The minimum Gasteiger partial charge on any atom is -0.383 e. The maximum Gasteiger partial charge on any atom is 0.0590 e. The van der Waals surface area contributed by atoms with Crippen molar-refractivity contribution in [3.8, 4) is 0 Å². The number of hydrogen-bond donors (Lipinski definition) is 1. The maximum atomic E-state index is 6.40. The van der Waals surface area contributed by atoms with E-state index in [1.54, 1.807) is 0 Å². The molecule has 2 aliphatic heterocycles. The predicted molar refractivity (Wildman–Crippen MR) is 86.4 cm³/mol. The zero-order valence-corrected chi connectivity index (χ0v) is 13.9. The van der Waals surface area contributed by atoms with Gasteiger partial charge in [-0.1, -0.05) is 6.42 Å². The first kappa shape index (κ1) is 15.7. The van der Waals surface area contributed by atoms with Crippen molar-refractivity contribution in [1.82, 2.24) is 9.80 Å². The van der Waals surface area contributed by atoms with Crippen molar-refractivity contribution in [1.29, 1.82) is 0 Å². The SMILES string of the molecule is COCCN(C(C)C1CC1)C1(CN)CCN2CCCCC21. The van der Waals surface area contributed by atoms with Crippen LogP contribution in [0.15, 0.2) is 0 Å². The summed E-state index contributed by atoms with van der Waals surface area (Å²) < 4.78 is 5.41. The fourth-order valence-corrected chi connectivity index (χ4v) is 4.92. The second-order valence-electron chi connectivity index (χ2n) is 7.37. The van der Waals surface area contributed by atoms with Crippen LogP contribution in [0.25, 0.3) is 0 Å². The summed E-state index contributed by atoms with van der Waals surface area (Å²) in [5, 5.41) is 0. The van der Waals surface area contributed by atoms with E-state index in [0.717, 1.165) is 25.6 Å². The lowest BCUT2D eigenvalue weighted by molar-refractivity contribution is -0.0103. The van der Waals surface area contributed by atoms with Crippen LogP contribution in [0.4, 0.5) is 0 Å². The first-order valence-electron chi connectivity index (χ1n) is 8.93. The smallest absolute Gasteiger partial charge is 0.0590 e. The van der Waals surface area contributed by atoms with Crippen molar-refractivity contribution in [3.63, 3.8) is 0 Å². The molecule has 4 nitrogen and oxygen atoms in total. The predicted octanol–water partition coefficient (Wildman–Crippen LogP) is 1.69. The van der Waals surface area contributed by atoms with E-state index < -0.39 is 0 Å². The van der Waals surface area contributed by atoms with Gasteiger partial charge < -0.3 is 10.5 Å². The van der Waals surface area contributed by atoms with E-state index in [1.165, 1.54) is 51.6 Å². The van der Waals surface area contributed by atoms with Crippen LogP contribution in [0.1, 0.15) is 45.4 Å². The van der Waals surface area contributed by atoms with Gasteiger partial charge in [0.15, 0.2) is 0 Å². The average Bonchev–Trinajstić information content (AvgIpc) is 3.30. The molecule has 3 aliphatic rings. The zero-order valence-electron chi connectivity index (χ0n) is 13.9. The minimum absolute atomic E-state index is 0.195. The van der Waals surface area contributed by atoms with Crippen LogP contribution in [-0.4, -0.2) is 67.3 Å². The number of hydrogen-bond acceptors (Lipinski definition) is 4. The normalized spacial score (nSPS) is 35.1. The van der Waals surface area contributed by atoms with Crippen LogP contribution in [0.3, 0.4) is 0 Å². The topological polar surface area (TPSA) is 41.7 Å². The molecule has 0 aromatic heterocycles. The number of rotatable bonds is 7. The first-order chi connectivity index (χ1) is 10.2. The van der Waals surface area contributed by atoms with E-state index in [2.05, 4.69) is 16.7 Å². The van der Waals surface area contributed by atoms with Gasteiger partial charge in [-0.05, 0) is 51.5 Å². The largest absolute Gasteiger partial charge is 0.383 e. The second-order valence-corrected chi connectivity index (χ2v) is 7.37. The third-order valence-corrected chi connectivity index (χ3v) is 6.32. The molecule has 0 bridgehead atoms. The quantitative estimate of drug-likeness (QED) is 0.776. The molecule has 4 heteroatoms. The third-order valence-electron chi connectivity index (χ3n) is 6.32. The molecule has 0 aromatic rings. The standard InChI is InChI=1S/C17H33N3O/c1-14(15-6-7-15)20(11-12-21-2)17(13-18)8-10-19-9-4-3-5-16(17)19/h14-16H,3-13,18H2,1-2H3. The summed E-state index contributed by atoms with van der Waals surface area (Å²) in [7, 11) is 1.82. The van der Waals surface area contributed by atoms with E-state index in [9.17, 15) is 0 Å². The van der Waals surface area contributed by atoms with Crippen molar-refractivity contribution in [2.45, 2.75) is 63.1 Å². The van der Waals surface area contributed by atoms with E-state index in [4.69, 9.17) is 10.5 Å². The summed E-state index contributed by atoms with van der Waals surface area (Å²) in [5.74, 6) is 0.892. The molecule has 122 valence electrons. The molecule has 3 fully saturated rings. The number of methoxy groups -OCH3 is 1. The minimum atomic E-state index is 0.195. The Balaban J connectivity index is 1.82. The molecule has 0 radical (unpaired) electrons. The molecule has 0 aromatic carbocycles. The van der Waals surface area contributed by atoms with E-state index >= 15 is 0 Å². The van der Waals surface area contributed by atoms with E-state index in [-0.39, 0.29) is 5.54 Å². The van der Waals surface area contributed by atoms with Crippen molar-refractivity contribution in [3.05, 3.63) is 0 Å². The molecule has 1 saturated carbocycles. The molecule has 1 aliphatic carbocycles. The number of nitrogens with two attached hydrogens (primary N) is 1. The monoisotopic (exact) mass is 295 g/mol. The van der Waals surface area contributed by atoms with Crippen LogP contribution >= 0.6 is 0 Å². The lowest BCUT2D eigenvalue weighted by atomic mass is 9.82. The maximum absolute atomic E-state index is 6.40. The van der Waals surface area contributed by atoms with Crippen molar-refractivity contribution in [2.75, 3.05) is 39.9 Å². The van der Waals surface area contributed by atoms with Gasteiger partial charge in [-0.2, -0.15) is 0 Å². The van der Waals surface area contributed by atoms with Crippen molar-refractivity contribution < 1.29 is 4.74 Å². The highest BCUT2D eigenvalue weighted by molar-refractivity contribution is 5.10. The second kappa shape index (κ2) is 6.53. The first-order valence-corrected chi connectivity index (χ1v) is 8.93. The highest BCUT2D eigenvalue weighted by atomic mass is 16.5. The van der Waals surface area contributed by atoms with Crippen molar-refractivity contribution in [2.24, 2.45) is 11.7 Å². The summed E-state index contributed by atoms with van der Waals surface area (Å²) in [6.07, 6.45) is 8.12. The Hall–Kier alpha value is -0.160. The number of nitrogens with zero attached hydrogens (tertiary/aromatic N) is 2. The number of fused-ring (bicyclic) bond motifs is 1. The molecular formula is C17H33N3O. The van der Waals surface area contributed by atoms with Crippen molar-refractivity contribution >= 4 is 0 Å². The summed E-state index contributed by atoms with van der Waals surface area (Å²) in [6.45, 7) is 7.61. The number of ether oxygens (including phenoxy) is 1. The van der Waals surface area contributed by atoms with Crippen LogP contribution in [0.2, 0.25) is 0 Å². The van der Waals surface area contributed by atoms with Gasteiger partial charge in [0.25, 0.3) is 0 Å². The average molecular weight is 295 g/mol. The summed E-state index contributed by atoms with van der Waals surface area (Å²) in [6, 6.07) is 1.33. The highest BCUT2D eigenvalue weighted by Gasteiger charge is 2.53. The lowest BCUT2D eigenvalue weighted by Gasteiger charge is -2.50. The molecule has 3 atom stereocenters. The van der Waals surface area contributed by atoms with Gasteiger partial charge >= 0.3 is 0 Å². The van der Waals surface area contributed by atoms with Gasteiger partial charge in [-0.3, -0.25) is 9.80 Å². The number of piperidine rings is 1. The van der Waals surface area contributed by atoms with E-state index in [1.807, 2.05) is 7.11 Å². The van der Waals surface area contributed by atoms with Crippen LogP contribution in [0.5, 0.6) is 0 Å². The molecule has 0 spiro atoms. The molecule has 3 unspecified atom stereocenters. The van der Waals surface area contributed by atoms with Gasteiger partial charge in [0, 0.05) is 38.8 Å². The van der Waals surface area contributed by atoms with Gasteiger partial charge in [0.05, 0.1) is 12.1 Å². The van der Waals surface area contributed by atoms with Gasteiger partial charge in [0.1, 0.15) is 0 Å². The summed E-state index contributed by atoms with van der Waals surface area (Å²) in [4.78, 5) is 5.47. The van der Waals surface area contributed by atoms with Gasteiger partial charge in [-0.15, -0.1) is 0 Å². The van der Waals surface area contributed by atoms with Gasteiger partial charge in [-0.25, -0.2) is 0 Å². The molecule has 2 N–H and O–H groups in total. The summed E-state index contributed by atoms with van der Waals surface area (Å²) in [5.41, 5.74) is 6.59. The Bertz CT molecular complexity index is 347. The molecule has 2 saturated heterocycles. The van der Waals surface area contributed by atoms with E-state index in [0.29, 0.717) is 12.1 Å². The zero-order chi connectivity index (χ0) is 14.9. The molecule has 21 heavy (non-hydrogen) atoms. The molecular weight excluding hydrogens is 262 g/mol. The Morgan fingerprint density at radius 2 is 2.10 bits per heavy atom. The van der Waals surface area contributed by atoms with Crippen LogP contribution < -0.4 is 5.73 Å². The molecule has 0 amide bonds. The Morgan fingerprint density at radius 1 is 1.29 bits per heavy atom. The fourth-order valence-electron chi connectivity index (χ4n) is 4.92. The summed E-state index contributed by atoms with van der Waals surface area (Å²) >= 11 is 0.